The number of unbranched alkanes of at least 4 members (excludes halogenated alkanes) is 1. The lowest BCUT2D eigenvalue weighted by atomic mass is 10.2. The molecule has 2 rings (SSSR count). The second kappa shape index (κ2) is 9.33. The van der Waals surface area contributed by atoms with E-state index in [1.54, 1.807) is 30.3 Å². The van der Waals surface area contributed by atoms with Crippen LogP contribution >= 0.6 is 28.1 Å². The molecule has 0 aliphatic heterocycles. The van der Waals surface area contributed by atoms with Crippen LogP contribution < -0.4 is 16.0 Å². The summed E-state index contributed by atoms with van der Waals surface area (Å²) in [5.74, 6) is -0.412. The third-order valence-corrected chi connectivity index (χ3v) is 3.88. The molecule has 8 heteroatoms. The van der Waals surface area contributed by atoms with Crippen molar-refractivity contribution >= 4 is 50.8 Å². The molecule has 0 bridgehead atoms. The van der Waals surface area contributed by atoms with Crippen molar-refractivity contribution in [3.8, 4) is 0 Å². The summed E-state index contributed by atoms with van der Waals surface area (Å²) < 4.78 is 5.61. The van der Waals surface area contributed by atoms with Crippen LogP contribution in [0.15, 0.2) is 45.5 Å². The molecule has 1 aromatic carbocycles. The van der Waals surface area contributed by atoms with Gasteiger partial charge in [-0.05, 0) is 71.0 Å². The first-order valence-corrected chi connectivity index (χ1v) is 8.95. The van der Waals surface area contributed by atoms with Gasteiger partial charge in [-0.2, -0.15) is 0 Å². The van der Waals surface area contributed by atoms with Gasteiger partial charge in [0, 0.05) is 17.8 Å². The van der Waals surface area contributed by atoms with Crippen molar-refractivity contribution in [1.29, 1.82) is 0 Å². The fourth-order valence-electron chi connectivity index (χ4n) is 1.95. The second-order valence-electron chi connectivity index (χ2n) is 5.20. The largest absolute Gasteiger partial charge is 0.444 e. The molecule has 0 atom stereocenters. The van der Waals surface area contributed by atoms with Gasteiger partial charge in [-0.3, -0.25) is 14.9 Å². The fraction of sp³-hybridized carbons (Fsp3) is 0.235. The highest BCUT2D eigenvalue weighted by molar-refractivity contribution is 9.10. The molecule has 1 aromatic heterocycles. The molecule has 0 radical (unpaired) electrons. The van der Waals surface area contributed by atoms with E-state index in [0.717, 1.165) is 12.8 Å². The quantitative estimate of drug-likeness (QED) is 0.487. The van der Waals surface area contributed by atoms with Crippen molar-refractivity contribution in [1.82, 2.24) is 10.6 Å². The maximum atomic E-state index is 11.9. The molecule has 25 heavy (non-hydrogen) atoms. The number of benzene rings is 1. The van der Waals surface area contributed by atoms with Crippen molar-refractivity contribution in [2.24, 2.45) is 0 Å². The smallest absolute Gasteiger partial charge is 0.293 e. The van der Waals surface area contributed by atoms with Gasteiger partial charge in [-0.1, -0.05) is 13.3 Å². The van der Waals surface area contributed by atoms with E-state index in [1.165, 1.54) is 6.07 Å². The number of thiocarbonyl (C=S) groups is 1. The lowest BCUT2D eigenvalue weighted by Gasteiger charge is -2.09. The van der Waals surface area contributed by atoms with Crippen molar-refractivity contribution < 1.29 is 14.0 Å². The molecule has 0 saturated carbocycles. The Kier molecular flexibility index (Phi) is 7.15. The number of rotatable bonds is 6. The molecule has 1 heterocycles. The average Bonchev–Trinajstić information content (AvgIpc) is 3.02. The predicted octanol–water partition coefficient (Wildman–Crippen LogP) is 3.70. The molecule has 0 unspecified atom stereocenters. The van der Waals surface area contributed by atoms with Gasteiger partial charge in [0.2, 0.25) is 0 Å². The SMILES string of the molecule is CCCCNC(=O)c1ccc(NC(=S)NC(=O)c2ccc(Br)o2)cc1. The lowest BCUT2D eigenvalue weighted by molar-refractivity contribution is 0.0943. The van der Waals surface area contributed by atoms with Gasteiger partial charge < -0.3 is 15.1 Å². The predicted molar refractivity (Wildman–Crippen MR) is 104 cm³/mol. The maximum Gasteiger partial charge on any atom is 0.293 e. The number of nitrogens with one attached hydrogen (secondary N) is 3. The number of carbonyl (C=O) groups excluding carboxylic acids is 2. The van der Waals surface area contributed by atoms with E-state index >= 15 is 0 Å². The van der Waals surface area contributed by atoms with Crippen LogP contribution in [0.2, 0.25) is 0 Å². The van der Waals surface area contributed by atoms with Crippen LogP contribution in [0, 0.1) is 0 Å². The van der Waals surface area contributed by atoms with Gasteiger partial charge in [0.15, 0.2) is 15.5 Å². The van der Waals surface area contributed by atoms with Gasteiger partial charge in [-0.25, -0.2) is 0 Å². The zero-order valence-electron chi connectivity index (χ0n) is 13.6. The Morgan fingerprint density at radius 2 is 1.84 bits per heavy atom. The Bertz CT molecular complexity index is 759. The molecule has 0 fully saturated rings. The Labute approximate surface area is 159 Å². The first-order valence-electron chi connectivity index (χ1n) is 7.75. The number of hydrogen-bond donors (Lipinski definition) is 3. The summed E-state index contributed by atoms with van der Waals surface area (Å²) in [5.41, 5.74) is 1.23. The number of halogens is 1. The second-order valence-corrected chi connectivity index (χ2v) is 6.39. The molecule has 0 saturated heterocycles. The molecular weight excluding hydrogens is 406 g/mol. The van der Waals surface area contributed by atoms with Crippen LogP contribution in [0.5, 0.6) is 0 Å². The lowest BCUT2D eigenvalue weighted by Crippen LogP contribution is -2.33. The zero-order chi connectivity index (χ0) is 18.2. The normalized spacial score (nSPS) is 10.2. The summed E-state index contributed by atoms with van der Waals surface area (Å²) >= 11 is 8.23. The standard InChI is InChI=1S/C17H18BrN3O3S/c1-2-3-10-19-15(22)11-4-6-12(7-5-11)20-17(25)21-16(23)13-8-9-14(18)24-13/h4-9H,2-3,10H2,1H3,(H,19,22)(H2,20,21,23,25). The Balaban J connectivity index is 1.86. The van der Waals surface area contributed by atoms with Gasteiger partial charge in [0.25, 0.3) is 11.8 Å². The number of carbonyl (C=O) groups is 2. The van der Waals surface area contributed by atoms with E-state index in [-0.39, 0.29) is 16.8 Å². The molecule has 0 aliphatic carbocycles. The Morgan fingerprint density at radius 1 is 1.12 bits per heavy atom. The minimum atomic E-state index is -0.449. The summed E-state index contributed by atoms with van der Waals surface area (Å²) in [6, 6.07) is 9.98. The monoisotopic (exact) mass is 423 g/mol. The first-order chi connectivity index (χ1) is 12.0. The van der Waals surface area contributed by atoms with E-state index in [1.807, 2.05) is 0 Å². The van der Waals surface area contributed by atoms with Crippen LogP contribution in [-0.2, 0) is 0 Å². The van der Waals surface area contributed by atoms with Crippen molar-refractivity contribution in [2.75, 3.05) is 11.9 Å². The van der Waals surface area contributed by atoms with E-state index in [2.05, 4.69) is 38.8 Å². The molecular formula is C17H18BrN3O3S. The van der Waals surface area contributed by atoms with E-state index in [4.69, 9.17) is 16.6 Å². The van der Waals surface area contributed by atoms with Gasteiger partial charge in [-0.15, -0.1) is 0 Å². The van der Waals surface area contributed by atoms with Crippen LogP contribution in [0.1, 0.15) is 40.7 Å². The third-order valence-electron chi connectivity index (χ3n) is 3.24. The maximum absolute atomic E-state index is 11.9. The summed E-state index contributed by atoms with van der Waals surface area (Å²) in [6.07, 6.45) is 1.98. The highest BCUT2D eigenvalue weighted by Gasteiger charge is 2.12. The molecule has 0 aliphatic rings. The topological polar surface area (TPSA) is 83.4 Å². The zero-order valence-corrected chi connectivity index (χ0v) is 16.0. The summed E-state index contributed by atoms with van der Waals surface area (Å²) in [4.78, 5) is 23.8. The van der Waals surface area contributed by atoms with E-state index < -0.39 is 5.91 Å². The Morgan fingerprint density at radius 3 is 2.44 bits per heavy atom. The Hall–Kier alpha value is -2.19. The first kappa shape index (κ1) is 19.1. The minimum absolute atomic E-state index is 0.112. The van der Waals surface area contributed by atoms with Crippen LogP contribution in [0.3, 0.4) is 0 Å². The van der Waals surface area contributed by atoms with E-state index in [9.17, 15) is 9.59 Å². The molecule has 0 spiro atoms. The number of amides is 2. The summed E-state index contributed by atoms with van der Waals surface area (Å²) in [7, 11) is 0. The molecule has 6 nitrogen and oxygen atoms in total. The molecule has 132 valence electrons. The summed E-state index contributed by atoms with van der Waals surface area (Å²) in [5, 5.41) is 8.39. The number of anilines is 1. The van der Waals surface area contributed by atoms with E-state index in [0.29, 0.717) is 22.5 Å². The van der Waals surface area contributed by atoms with Crippen LogP contribution in [-0.4, -0.2) is 23.5 Å². The van der Waals surface area contributed by atoms with Gasteiger partial charge in [0.1, 0.15) is 0 Å². The van der Waals surface area contributed by atoms with Crippen LogP contribution in [0.4, 0.5) is 5.69 Å². The van der Waals surface area contributed by atoms with Gasteiger partial charge >= 0.3 is 0 Å². The number of furan rings is 1. The third kappa shape index (κ3) is 5.99. The highest BCUT2D eigenvalue weighted by Crippen LogP contribution is 2.14. The molecule has 2 amide bonds. The average molecular weight is 424 g/mol. The van der Waals surface area contributed by atoms with Crippen molar-refractivity contribution in [2.45, 2.75) is 19.8 Å². The number of hydrogen-bond acceptors (Lipinski definition) is 4. The fourth-order valence-corrected chi connectivity index (χ4v) is 2.47. The molecule has 3 N–H and O–H groups in total. The molecule has 2 aromatic rings. The van der Waals surface area contributed by atoms with Gasteiger partial charge in [0.05, 0.1) is 0 Å². The van der Waals surface area contributed by atoms with Crippen molar-refractivity contribution in [3.63, 3.8) is 0 Å². The summed E-state index contributed by atoms with van der Waals surface area (Å²) in [6.45, 7) is 2.73. The van der Waals surface area contributed by atoms with Crippen molar-refractivity contribution in [3.05, 3.63) is 52.4 Å². The van der Waals surface area contributed by atoms with Crippen LogP contribution in [0.25, 0.3) is 0 Å². The highest BCUT2D eigenvalue weighted by atomic mass is 79.9. The minimum Gasteiger partial charge on any atom is -0.444 e.